The van der Waals surface area contributed by atoms with Crippen molar-refractivity contribution in [1.82, 2.24) is 4.90 Å². The first kappa shape index (κ1) is 11.9. The van der Waals surface area contributed by atoms with Gasteiger partial charge in [-0.25, -0.2) is 0 Å². The van der Waals surface area contributed by atoms with E-state index in [9.17, 15) is 0 Å². The van der Waals surface area contributed by atoms with Crippen LogP contribution in [0.15, 0.2) is 0 Å². The SMILES string of the molecule is CCC(C)N(C)C(CN)C(C)C. The largest absolute Gasteiger partial charge is 0.329 e. The number of likely N-dealkylation sites (N-methyl/N-ethyl adjacent to an activating group) is 1. The molecule has 0 amide bonds. The maximum Gasteiger partial charge on any atom is 0.0241 e. The number of hydrogen-bond donors (Lipinski definition) is 1. The van der Waals surface area contributed by atoms with E-state index in [1.165, 1.54) is 6.42 Å². The molecular weight excluding hydrogens is 148 g/mol. The van der Waals surface area contributed by atoms with Gasteiger partial charge < -0.3 is 5.73 Å². The minimum Gasteiger partial charge on any atom is -0.329 e. The van der Waals surface area contributed by atoms with E-state index < -0.39 is 0 Å². The van der Waals surface area contributed by atoms with E-state index in [4.69, 9.17) is 5.73 Å². The van der Waals surface area contributed by atoms with Gasteiger partial charge >= 0.3 is 0 Å². The monoisotopic (exact) mass is 172 g/mol. The molecule has 0 spiro atoms. The Hall–Kier alpha value is -0.0800. The third-order valence-corrected chi connectivity index (χ3v) is 2.82. The van der Waals surface area contributed by atoms with Gasteiger partial charge in [0, 0.05) is 18.6 Å². The van der Waals surface area contributed by atoms with Crippen molar-refractivity contribution in [1.29, 1.82) is 0 Å². The van der Waals surface area contributed by atoms with Gasteiger partial charge in [-0.1, -0.05) is 20.8 Å². The van der Waals surface area contributed by atoms with Gasteiger partial charge in [-0.05, 0) is 26.3 Å². The molecule has 2 unspecified atom stereocenters. The summed E-state index contributed by atoms with van der Waals surface area (Å²) < 4.78 is 0. The second-order valence-electron chi connectivity index (χ2n) is 3.97. The van der Waals surface area contributed by atoms with Crippen LogP contribution < -0.4 is 5.73 Å². The zero-order valence-corrected chi connectivity index (χ0v) is 9.17. The Kier molecular flexibility index (Phi) is 5.51. The second kappa shape index (κ2) is 5.55. The third kappa shape index (κ3) is 3.11. The topological polar surface area (TPSA) is 29.3 Å². The molecule has 0 aromatic heterocycles. The number of hydrogen-bond acceptors (Lipinski definition) is 2. The van der Waals surface area contributed by atoms with Gasteiger partial charge in [-0.3, -0.25) is 4.90 Å². The lowest BCUT2D eigenvalue weighted by atomic mass is 10.0. The predicted octanol–water partition coefficient (Wildman–Crippen LogP) is 1.70. The normalized spacial score (nSPS) is 17.0. The predicted molar refractivity (Wildman–Crippen MR) is 55.2 cm³/mol. The highest BCUT2D eigenvalue weighted by Crippen LogP contribution is 2.12. The standard InChI is InChI=1S/C10H24N2/c1-6-9(4)12(5)10(7-11)8(2)3/h8-10H,6-7,11H2,1-5H3. The molecule has 0 aromatic rings. The van der Waals surface area contributed by atoms with Gasteiger partial charge in [0.15, 0.2) is 0 Å². The summed E-state index contributed by atoms with van der Waals surface area (Å²) in [7, 11) is 2.17. The highest BCUT2D eigenvalue weighted by Gasteiger charge is 2.19. The van der Waals surface area contributed by atoms with Crippen LogP contribution in [-0.2, 0) is 0 Å². The zero-order valence-electron chi connectivity index (χ0n) is 9.17. The van der Waals surface area contributed by atoms with Crippen molar-refractivity contribution < 1.29 is 0 Å². The summed E-state index contributed by atoms with van der Waals surface area (Å²) in [5.41, 5.74) is 5.73. The molecule has 0 aliphatic rings. The lowest BCUT2D eigenvalue weighted by molar-refractivity contribution is 0.146. The van der Waals surface area contributed by atoms with Crippen molar-refractivity contribution in [2.75, 3.05) is 13.6 Å². The number of nitrogens with zero attached hydrogens (tertiary/aromatic N) is 1. The molecule has 12 heavy (non-hydrogen) atoms. The van der Waals surface area contributed by atoms with Crippen molar-refractivity contribution in [2.45, 2.75) is 46.2 Å². The summed E-state index contributed by atoms with van der Waals surface area (Å²) in [4.78, 5) is 2.39. The Bertz CT molecular complexity index is 112. The number of rotatable bonds is 5. The summed E-state index contributed by atoms with van der Waals surface area (Å²) in [6.45, 7) is 9.70. The van der Waals surface area contributed by atoms with Gasteiger partial charge in [0.05, 0.1) is 0 Å². The summed E-state index contributed by atoms with van der Waals surface area (Å²) in [5.74, 6) is 0.647. The van der Waals surface area contributed by atoms with Crippen LogP contribution in [0.2, 0.25) is 0 Å². The first-order valence-corrected chi connectivity index (χ1v) is 4.96. The molecule has 0 rings (SSSR count). The molecule has 0 saturated heterocycles. The molecule has 0 aliphatic carbocycles. The fraction of sp³-hybridized carbons (Fsp3) is 1.00. The van der Waals surface area contributed by atoms with Crippen molar-refractivity contribution >= 4 is 0 Å². The van der Waals surface area contributed by atoms with Crippen molar-refractivity contribution in [2.24, 2.45) is 11.7 Å². The Morgan fingerprint density at radius 2 is 1.75 bits per heavy atom. The van der Waals surface area contributed by atoms with Crippen LogP contribution in [0.1, 0.15) is 34.1 Å². The molecule has 0 bridgehead atoms. The van der Waals surface area contributed by atoms with Gasteiger partial charge in [0.1, 0.15) is 0 Å². The van der Waals surface area contributed by atoms with E-state index >= 15 is 0 Å². The average molecular weight is 172 g/mol. The molecular formula is C10H24N2. The van der Waals surface area contributed by atoms with Crippen LogP contribution in [0.5, 0.6) is 0 Å². The molecule has 0 heterocycles. The minimum atomic E-state index is 0.528. The molecule has 2 N–H and O–H groups in total. The van der Waals surface area contributed by atoms with E-state index in [0.717, 1.165) is 6.54 Å². The summed E-state index contributed by atoms with van der Waals surface area (Å²) in [6.07, 6.45) is 1.19. The number of nitrogens with two attached hydrogens (primary N) is 1. The quantitative estimate of drug-likeness (QED) is 0.684. The maximum atomic E-state index is 5.73. The van der Waals surface area contributed by atoms with Crippen LogP contribution in [0.25, 0.3) is 0 Å². The lowest BCUT2D eigenvalue weighted by Gasteiger charge is -2.34. The molecule has 2 heteroatoms. The maximum absolute atomic E-state index is 5.73. The molecule has 74 valence electrons. The molecule has 0 aromatic carbocycles. The van der Waals surface area contributed by atoms with Gasteiger partial charge in [-0.15, -0.1) is 0 Å². The van der Waals surface area contributed by atoms with E-state index in [-0.39, 0.29) is 0 Å². The Labute approximate surface area is 77.1 Å². The molecule has 2 atom stereocenters. The second-order valence-corrected chi connectivity index (χ2v) is 3.97. The highest BCUT2D eigenvalue weighted by molar-refractivity contribution is 4.76. The Balaban J connectivity index is 4.10. The zero-order chi connectivity index (χ0) is 9.72. The van der Waals surface area contributed by atoms with Gasteiger partial charge in [0.2, 0.25) is 0 Å². The van der Waals surface area contributed by atoms with Crippen molar-refractivity contribution in [3.63, 3.8) is 0 Å². The fourth-order valence-electron chi connectivity index (χ4n) is 1.52. The first-order valence-electron chi connectivity index (χ1n) is 4.96. The fourth-order valence-corrected chi connectivity index (χ4v) is 1.52. The van der Waals surface area contributed by atoms with E-state index in [0.29, 0.717) is 18.0 Å². The summed E-state index contributed by atoms with van der Waals surface area (Å²) in [5, 5.41) is 0. The van der Waals surface area contributed by atoms with Crippen LogP contribution in [0, 0.1) is 5.92 Å². The summed E-state index contributed by atoms with van der Waals surface area (Å²) in [6, 6.07) is 1.17. The van der Waals surface area contributed by atoms with Crippen LogP contribution in [-0.4, -0.2) is 30.6 Å². The Morgan fingerprint density at radius 3 is 2.00 bits per heavy atom. The van der Waals surface area contributed by atoms with E-state index in [1.807, 2.05) is 0 Å². The Morgan fingerprint density at radius 1 is 1.25 bits per heavy atom. The summed E-state index contributed by atoms with van der Waals surface area (Å²) >= 11 is 0. The van der Waals surface area contributed by atoms with Gasteiger partial charge in [0.25, 0.3) is 0 Å². The smallest absolute Gasteiger partial charge is 0.0241 e. The lowest BCUT2D eigenvalue weighted by Crippen LogP contribution is -2.45. The van der Waals surface area contributed by atoms with E-state index in [1.54, 1.807) is 0 Å². The first-order chi connectivity index (χ1) is 5.54. The average Bonchev–Trinajstić information content (AvgIpc) is 2.03. The van der Waals surface area contributed by atoms with Crippen LogP contribution in [0.3, 0.4) is 0 Å². The molecule has 0 aliphatic heterocycles. The molecule has 0 radical (unpaired) electrons. The van der Waals surface area contributed by atoms with E-state index in [2.05, 4.69) is 39.6 Å². The molecule has 2 nitrogen and oxygen atoms in total. The van der Waals surface area contributed by atoms with Crippen molar-refractivity contribution in [3.05, 3.63) is 0 Å². The highest BCUT2D eigenvalue weighted by atomic mass is 15.2. The van der Waals surface area contributed by atoms with Crippen molar-refractivity contribution in [3.8, 4) is 0 Å². The molecule has 0 saturated carbocycles. The third-order valence-electron chi connectivity index (χ3n) is 2.82. The van der Waals surface area contributed by atoms with Gasteiger partial charge in [-0.2, -0.15) is 0 Å². The molecule has 0 fully saturated rings. The van der Waals surface area contributed by atoms with Crippen LogP contribution >= 0.6 is 0 Å². The minimum absolute atomic E-state index is 0.528. The van der Waals surface area contributed by atoms with Crippen LogP contribution in [0.4, 0.5) is 0 Å².